The summed E-state index contributed by atoms with van der Waals surface area (Å²) >= 11 is 7.23. The first-order chi connectivity index (χ1) is 15.3. The third kappa shape index (κ3) is 4.56. The van der Waals surface area contributed by atoms with E-state index in [0.29, 0.717) is 38.6 Å². The third-order valence-electron chi connectivity index (χ3n) is 4.59. The molecule has 4 rings (SSSR count). The number of hydrogen-bond acceptors (Lipinski definition) is 6. The van der Waals surface area contributed by atoms with E-state index in [0.717, 1.165) is 5.56 Å². The molecule has 0 aliphatic carbocycles. The smallest absolute Gasteiger partial charge is 0.337 e. The number of ether oxygens (including phenoxy) is 1. The van der Waals surface area contributed by atoms with E-state index in [1.807, 2.05) is 25.1 Å². The molecule has 162 valence electrons. The van der Waals surface area contributed by atoms with Crippen LogP contribution in [-0.2, 0) is 4.79 Å². The monoisotopic (exact) mass is 468 g/mol. The summed E-state index contributed by atoms with van der Waals surface area (Å²) in [6, 6.07) is 13.6. The Bertz CT molecular complexity index is 1300. The van der Waals surface area contributed by atoms with Crippen LogP contribution >= 0.6 is 23.4 Å². The number of hydrogen-bond donors (Lipinski definition) is 2. The number of thioether (sulfide) groups is 1. The maximum absolute atomic E-state index is 12.4. The lowest BCUT2D eigenvalue weighted by Crippen LogP contribution is -2.19. The van der Waals surface area contributed by atoms with Crippen molar-refractivity contribution in [3.8, 4) is 17.1 Å². The first-order valence-corrected chi connectivity index (χ1v) is 10.6. The fourth-order valence-electron chi connectivity index (χ4n) is 3.03. The van der Waals surface area contributed by atoms with Gasteiger partial charge in [0.2, 0.25) is 0 Å². The molecule has 1 aliphatic rings. The molecule has 1 saturated heterocycles. The summed E-state index contributed by atoms with van der Waals surface area (Å²) in [6.07, 6.45) is 1.62. The quantitative estimate of drug-likeness (QED) is 0.479. The number of carbonyl (C=O) groups excluding carboxylic acids is 1. The molecule has 0 bridgehead atoms. The minimum absolute atomic E-state index is 0.0143. The molecule has 1 fully saturated rings. The third-order valence-corrected chi connectivity index (χ3v) is 5.81. The van der Waals surface area contributed by atoms with Crippen LogP contribution in [0.5, 0.6) is 5.75 Å². The molecule has 1 aliphatic heterocycles. The van der Waals surface area contributed by atoms with Crippen LogP contribution in [0, 0.1) is 6.92 Å². The summed E-state index contributed by atoms with van der Waals surface area (Å²) in [6.45, 7) is 1.95. The standard InChI is InChI=1S/C23H17ClN2O5S/c1-12-3-7-19(30-2)17(9-12)25-23-26-21(27)20(32-23)11-14-5-8-18(31-14)13-4-6-15(22(28)29)16(24)10-13/h3-11H,1-2H3,(H,28,29)(H,25,26,27)/b20-11-. The molecule has 2 heterocycles. The predicted octanol–water partition coefficient (Wildman–Crippen LogP) is 5.51. The summed E-state index contributed by atoms with van der Waals surface area (Å²) < 4.78 is 11.1. The number of carboxylic acids is 1. The van der Waals surface area contributed by atoms with E-state index in [4.69, 9.17) is 25.9 Å². The van der Waals surface area contributed by atoms with E-state index < -0.39 is 5.97 Å². The van der Waals surface area contributed by atoms with E-state index >= 15 is 0 Å². The highest BCUT2D eigenvalue weighted by atomic mass is 35.5. The molecule has 0 saturated carbocycles. The van der Waals surface area contributed by atoms with Gasteiger partial charge in [-0.1, -0.05) is 23.7 Å². The molecular formula is C23H17ClN2O5S. The topological polar surface area (TPSA) is 101 Å². The zero-order valence-corrected chi connectivity index (χ0v) is 18.6. The highest BCUT2D eigenvalue weighted by Gasteiger charge is 2.25. The summed E-state index contributed by atoms with van der Waals surface area (Å²) in [5.41, 5.74) is 2.29. The number of aliphatic imine (C=N–C) groups is 1. The number of aromatic carboxylic acids is 1. The SMILES string of the molecule is COc1ccc(C)cc1N=C1NC(=O)/C(=C/c2ccc(-c3ccc(C(=O)O)c(Cl)c3)o2)S1. The lowest BCUT2D eigenvalue weighted by atomic mass is 10.1. The molecule has 1 amide bonds. The van der Waals surface area contributed by atoms with E-state index in [1.54, 1.807) is 31.4 Å². The van der Waals surface area contributed by atoms with Crippen molar-refractivity contribution in [2.45, 2.75) is 6.92 Å². The maximum atomic E-state index is 12.4. The Morgan fingerprint density at radius 1 is 1.22 bits per heavy atom. The van der Waals surface area contributed by atoms with Gasteiger partial charge in [-0.05, 0) is 60.6 Å². The van der Waals surface area contributed by atoms with Crippen molar-refractivity contribution in [1.29, 1.82) is 0 Å². The second kappa shape index (κ2) is 8.94. The molecule has 1 aromatic heterocycles. The number of methoxy groups -OCH3 is 1. The lowest BCUT2D eigenvalue weighted by Gasteiger charge is -2.05. The van der Waals surface area contributed by atoms with Gasteiger partial charge in [0.25, 0.3) is 5.91 Å². The Morgan fingerprint density at radius 2 is 2.03 bits per heavy atom. The zero-order valence-electron chi connectivity index (χ0n) is 17.0. The molecule has 0 atom stereocenters. The van der Waals surface area contributed by atoms with Gasteiger partial charge in [-0.2, -0.15) is 0 Å². The predicted molar refractivity (Wildman–Crippen MR) is 125 cm³/mol. The van der Waals surface area contributed by atoms with Gasteiger partial charge in [-0.3, -0.25) is 4.79 Å². The van der Waals surface area contributed by atoms with E-state index in [9.17, 15) is 9.59 Å². The number of nitrogens with one attached hydrogen (secondary N) is 1. The van der Waals surface area contributed by atoms with Crippen molar-refractivity contribution >= 4 is 52.2 Å². The molecular weight excluding hydrogens is 452 g/mol. The molecule has 2 N–H and O–H groups in total. The van der Waals surface area contributed by atoms with Gasteiger partial charge < -0.3 is 19.6 Å². The van der Waals surface area contributed by atoms with Gasteiger partial charge in [0.15, 0.2) is 5.17 Å². The Morgan fingerprint density at radius 3 is 2.75 bits per heavy atom. The number of carbonyl (C=O) groups is 2. The Hall–Kier alpha value is -3.49. The number of furan rings is 1. The number of nitrogens with zero attached hydrogens (tertiary/aromatic N) is 1. The van der Waals surface area contributed by atoms with Crippen LogP contribution in [0.1, 0.15) is 21.7 Å². The normalized spacial score (nSPS) is 15.9. The van der Waals surface area contributed by atoms with Crippen LogP contribution in [0.3, 0.4) is 0 Å². The molecule has 7 nitrogen and oxygen atoms in total. The van der Waals surface area contributed by atoms with Crippen molar-refractivity contribution in [2.75, 3.05) is 7.11 Å². The van der Waals surface area contributed by atoms with Crippen LogP contribution in [0.25, 0.3) is 17.4 Å². The Labute approximate surface area is 192 Å². The first-order valence-electron chi connectivity index (χ1n) is 9.41. The number of halogens is 1. The second-order valence-corrected chi connectivity index (χ2v) is 8.30. The van der Waals surface area contributed by atoms with Crippen molar-refractivity contribution in [3.05, 3.63) is 75.3 Å². The van der Waals surface area contributed by atoms with Crippen molar-refractivity contribution in [1.82, 2.24) is 5.32 Å². The first kappa shape index (κ1) is 21.7. The number of benzene rings is 2. The van der Waals surface area contributed by atoms with Gasteiger partial charge >= 0.3 is 5.97 Å². The zero-order chi connectivity index (χ0) is 22.8. The summed E-state index contributed by atoms with van der Waals surface area (Å²) in [4.78, 5) is 28.4. The second-order valence-electron chi connectivity index (χ2n) is 6.86. The number of amides is 1. The van der Waals surface area contributed by atoms with Crippen LogP contribution in [0.15, 0.2) is 62.8 Å². The Balaban J connectivity index is 1.56. The van der Waals surface area contributed by atoms with E-state index in [2.05, 4.69) is 10.3 Å². The minimum Gasteiger partial charge on any atom is -0.494 e. The summed E-state index contributed by atoms with van der Waals surface area (Å²) in [5.74, 6) is 0.185. The van der Waals surface area contributed by atoms with Crippen molar-refractivity contribution in [2.24, 2.45) is 4.99 Å². The fourth-order valence-corrected chi connectivity index (χ4v) is 4.11. The maximum Gasteiger partial charge on any atom is 0.337 e. The van der Waals surface area contributed by atoms with Gasteiger partial charge in [-0.15, -0.1) is 0 Å². The number of amidine groups is 1. The molecule has 2 aromatic carbocycles. The number of carboxylic acid groups (broad SMARTS) is 1. The minimum atomic E-state index is -1.10. The molecule has 3 aromatic rings. The molecule has 0 radical (unpaired) electrons. The van der Waals surface area contributed by atoms with Crippen LogP contribution in [0.2, 0.25) is 5.02 Å². The van der Waals surface area contributed by atoms with Crippen LogP contribution < -0.4 is 10.1 Å². The van der Waals surface area contributed by atoms with E-state index in [-0.39, 0.29) is 16.5 Å². The summed E-state index contributed by atoms with van der Waals surface area (Å²) in [5, 5.41) is 12.4. The van der Waals surface area contributed by atoms with Gasteiger partial charge in [-0.25, -0.2) is 9.79 Å². The Kier molecular flexibility index (Phi) is 6.07. The van der Waals surface area contributed by atoms with Gasteiger partial charge in [0.05, 0.1) is 22.6 Å². The van der Waals surface area contributed by atoms with Crippen molar-refractivity contribution in [3.63, 3.8) is 0 Å². The molecule has 9 heteroatoms. The fraction of sp³-hybridized carbons (Fsp3) is 0.0870. The van der Waals surface area contributed by atoms with Crippen molar-refractivity contribution < 1.29 is 23.8 Å². The molecule has 0 unspecified atom stereocenters. The van der Waals surface area contributed by atoms with Crippen LogP contribution in [0.4, 0.5) is 5.69 Å². The highest BCUT2D eigenvalue weighted by Crippen LogP contribution is 2.34. The van der Waals surface area contributed by atoms with Crippen LogP contribution in [-0.4, -0.2) is 29.3 Å². The number of aryl methyl sites for hydroxylation is 1. The summed E-state index contributed by atoms with van der Waals surface area (Å²) in [7, 11) is 1.57. The average molecular weight is 469 g/mol. The lowest BCUT2D eigenvalue weighted by molar-refractivity contribution is -0.115. The largest absolute Gasteiger partial charge is 0.494 e. The average Bonchev–Trinajstić information content (AvgIpc) is 3.35. The highest BCUT2D eigenvalue weighted by molar-refractivity contribution is 8.18. The number of rotatable bonds is 5. The van der Waals surface area contributed by atoms with Gasteiger partial charge in [0, 0.05) is 11.6 Å². The van der Waals surface area contributed by atoms with E-state index in [1.165, 1.54) is 23.9 Å². The van der Waals surface area contributed by atoms with Gasteiger partial charge in [0.1, 0.15) is 23.0 Å². The molecule has 32 heavy (non-hydrogen) atoms. The molecule has 0 spiro atoms.